The Labute approximate surface area is 184 Å². The molecule has 158 valence electrons. The molecular weight excluding hydrogens is 411 g/mol. The summed E-state index contributed by atoms with van der Waals surface area (Å²) in [5, 5.41) is 4.43. The van der Waals surface area contributed by atoms with E-state index in [1.165, 1.54) is 22.6 Å². The lowest BCUT2D eigenvalue weighted by Gasteiger charge is -2.21. The zero-order valence-corrected chi connectivity index (χ0v) is 18.3. The summed E-state index contributed by atoms with van der Waals surface area (Å²) >= 11 is 1.68. The van der Waals surface area contributed by atoms with E-state index < -0.39 is 0 Å². The van der Waals surface area contributed by atoms with Crippen molar-refractivity contribution in [2.45, 2.75) is 26.8 Å². The van der Waals surface area contributed by atoms with Crippen molar-refractivity contribution in [1.82, 2.24) is 19.7 Å². The number of amides is 1. The number of halogens is 1. The topological polar surface area (TPSA) is 51.0 Å². The molecule has 0 aliphatic heterocycles. The van der Waals surface area contributed by atoms with Crippen molar-refractivity contribution in [2.24, 2.45) is 0 Å². The van der Waals surface area contributed by atoms with E-state index in [4.69, 9.17) is 0 Å². The van der Waals surface area contributed by atoms with E-state index >= 15 is 0 Å². The maximum absolute atomic E-state index is 13.4. The molecule has 0 aliphatic carbocycles. The Morgan fingerprint density at radius 1 is 1.03 bits per heavy atom. The summed E-state index contributed by atoms with van der Waals surface area (Å²) in [6, 6.07) is 20.2. The summed E-state index contributed by atoms with van der Waals surface area (Å²) in [6.07, 6.45) is 0.745. The lowest BCUT2D eigenvalue weighted by Crippen LogP contribution is -2.33. The predicted molar refractivity (Wildman–Crippen MR) is 120 cm³/mol. The maximum atomic E-state index is 13.4. The SMILES string of the molecule is Cc1ccc(CN(CCc2ccccc2)C(=O)c2nc(C)n(-c3ccc(F)cc3)n2)s1. The molecule has 0 atom stereocenters. The second-order valence-corrected chi connectivity index (χ2v) is 8.72. The number of aromatic nitrogens is 3. The highest BCUT2D eigenvalue weighted by Gasteiger charge is 2.22. The summed E-state index contributed by atoms with van der Waals surface area (Å²) in [4.78, 5) is 21.9. The molecule has 0 saturated heterocycles. The van der Waals surface area contributed by atoms with Crippen LogP contribution in [0.15, 0.2) is 66.7 Å². The molecule has 0 radical (unpaired) electrons. The molecule has 0 N–H and O–H groups in total. The molecule has 0 spiro atoms. The van der Waals surface area contributed by atoms with Gasteiger partial charge in [-0.15, -0.1) is 16.4 Å². The molecule has 0 saturated carbocycles. The van der Waals surface area contributed by atoms with E-state index in [0.29, 0.717) is 24.6 Å². The van der Waals surface area contributed by atoms with E-state index in [9.17, 15) is 9.18 Å². The highest BCUT2D eigenvalue weighted by Crippen LogP contribution is 2.19. The summed E-state index contributed by atoms with van der Waals surface area (Å²) in [5.74, 6) is 0.176. The van der Waals surface area contributed by atoms with E-state index in [1.54, 1.807) is 40.0 Å². The third kappa shape index (κ3) is 5.06. The summed E-state index contributed by atoms with van der Waals surface area (Å²) in [6.45, 7) is 4.90. The minimum absolute atomic E-state index is 0.142. The first kappa shape index (κ1) is 20.9. The first-order chi connectivity index (χ1) is 15.0. The molecule has 7 heteroatoms. The number of aryl methyl sites for hydroxylation is 2. The van der Waals surface area contributed by atoms with E-state index in [2.05, 4.69) is 41.3 Å². The number of benzene rings is 2. The summed E-state index contributed by atoms with van der Waals surface area (Å²) < 4.78 is 14.8. The standard InChI is InChI=1S/C24H23FN4OS/c1-17-8-13-22(31-17)16-28(15-14-19-6-4-3-5-7-19)24(30)23-26-18(2)29(27-23)21-11-9-20(25)10-12-21/h3-13H,14-16H2,1-2H3. The largest absolute Gasteiger partial charge is 0.330 e. The van der Waals surface area contributed by atoms with Crippen LogP contribution in [0, 0.1) is 19.7 Å². The number of carbonyl (C=O) groups excluding carboxylic acids is 1. The van der Waals surface area contributed by atoms with Crippen LogP contribution in [0.1, 0.15) is 31.8 Å². The second-order valence-electron chi connectivity index (χ2n) is 7.35. The number of thiophene rings is 1. The molecule has 2 heterocycles. The monoisotopic (exact) mass is 434 g/mol. The minimum Gasteiger partial charge on any atom is -0.330 e. The molecule has 31 heavy (non-hydrogen) atoms. The van der Waals surface area contributed by atoms with Crippen LogP contribution < -0.4 is 0 Å². The molecule has 2 aromatic heterocycles. The van der Waals surface area contributed by atoms with Crippen molar-refractivity contribution in [2.75, 3.05) is 6.54 Å². The van der Waals surface area contributed by atoms with Gasteiger partial charge in [0.15, 0.2) is 0 Å². The van der Waals surface area contributed by atoms with Gasteiger partial charge in [0.25, 0.3) is 5.91 Å². The smallest absolute Gasteiger partial charge is 0.293 e. The zero-order chi connectivity index (χ0) is 21.8. The average molecular weight is 435 g/mol. The molecule has 0 aliphatic rings. The summed E-state index contributed by atoms with van der Waals surface area (Å²) in [7, 11) is 0. The third-order valence-corrected chi connectivity index (χ3v) is 5.96. The maximum Gasteiger partial charge on any atom is 0.293 e. The fourth-order valence-corrected chi connectivity index (χ4v) is 4.27. The van der Waals surface area contributed by atoms with Crippen LogP contribution in [0.3, 0.4) is 0 Å². The van der Waals surface area contributed by atoms with Crippen LogP contribution in [0.25, 0.3) is 5.69 Å². The minimum atomic E-state index is -0.323. The number of rotatable bonds is 7. The van der Waals surface area contributed by atoms with E-state index in [-0.39, 0.29) is 17.5 Å². The van der Waals surface area contributed by atoms with Crippen LogP contribution >= 0.6 is 11.3 Å². The Morgan fingerprint density at radius 3 is 2.45 bits per heavy atom. The molecule has 0 fully saturated rings. The zero-order valence-electron chi connectivity index (χ0n) is 17.5. The van der Waals surface area contributed by atoms with Gasteiger partial charge in [-0.05, 0) is 62.2 Å². The Hall–Kier alpha value is -3.32. The predicted octanol–water partition coefficient (Wildman–Crippen LogP) is 4.97. The van der Waals surface area contributed by atoms with Crippen LogP contribution in [-0.2, 0) is 13.0 Å². The van der Waals surface area contributed by atoms with Gasteiger partial charge >= 0.3 is 0 Å². The first-order valence-electron chi connectivity index (χ1n) is 10.1. The van der Waals surface area contributed by atoms with Crippen LogP contribution in [0.5, 0.6) is 0 Å². The molecule has 0 bridgehead atoms. The lowest BCUT2D eigenvalue weighted by atomic mass is 10.1. The van der Waals surface area contributed by atoms with Gasteiger partial charge in [-0.3, -0.25) is 4.79 Å². The van der Waals surface area contributed by atoms with Crippen molar-refractivity contribution in [3.63, 3.8) is 0 Å². The number of nitrogens with zero attached hydrogens (tertiary/aromatic N) is 4. The first-order valence-corrected chi connectivity index (χ1v) is 10.9. The number of hydrogen-bond donors (Lipinski definition) is 0. The molecule has 1 amide bonds. The Balaban J connectivity index is 1.58. The van der Waals surface area contributed by atoms with Crippen molar-refractivity contribution in [3.8, 4) is 5.69 Å². The lowest BCUT2D eigenvalue weighted by molar-refractivity contribution is 0.0734. The third-order valence-electron chi connectivity index (χ3n) is 4.97. The van der Waals surface area contributed by atoms with Crippen molar-refractivity contribution in [3.05, 3.63) is 99.5 Å². The fraction of sp³-hybridized carbons (Fsp3) is 0.208. The van der Waals surface area contributed by atoms with Crippen molar-refractivity contribution in [1.29, 1.82) is 0 Å². The van der Waals surface area contributed by atoms with Gasteiger partial charge in [0.05, 0.1) is 12.2 Å². The second kappa shape index (κ2) is 9.22. The van der Waals surface area contributed by atoms with Crippen LogP contribution in [0.4, 0.5) is 4.39 Å². The van der Waals surface area contributed by atoms with Gasteiger partial charge in [-0.2, -0.15) is 0 Å². The highest BCUT2D eigenvalue weighted by molar-refractivity contribution is 7.11. The van der Waals surface area contributed by atoms with Crippen molar-refractivity contribution >= 4 is 17.2 Å². The summed E-state index contributed by atoms with van der Waals surface area (Å²) in [5.41, 5.74) is 1.83. The molecule has 5 nitrogen and oxygen atoms in total. The molecular formula is C24H23FN4OS. The van der Waals surface area contributed by atoms with Gasteiger partial charge < -0.3 is 4.90 Å². The van der Waals surface area contributed by atoms with Gasteiger partial charge in [-0.1, -0.05) is 30.3 Å². The van der Waals surface area contributed by atoms with Crippen LogP contribution in [0.2, 0.25) is 0 Å². The highest BCUT2D eigenvalue weighted by atomic mass is 32.1. The van der Waals surface area contributed by atoms with Crippen LogP contribution in [-0.4, -0.2) is 32.1 Å². The van der Waals surface area contributed by atoms with Crippen molar-refractivity contribution < 1.29 is 9.18 Å². The van der Waals surface area contributed by atoms with Gasteiger partial charge in [0, 0.05) is 16.3 Å². The number of hydrogen-bond acceptors (Lipinski definition) is 4. The van der Waals surface area contributed by atoms with Gasteiger partial charge in [0.2, 0.25) is 5.82 Å². The molecule has 4 rings (SSSR count). The molecule has 4 aromatic rings. The quantitative estimate of drug-likeness (QED) is 0.413. The Morgan fingerprint density at radius 2 is 1.77 bits per heavy atom. The van der Waals surface area contributed by atoms with Gasteiger partial charge in [0.1, 0.15) is 11.6 Å². The Kier molecular flexibility index (Phi) is 6.23. The molecule has 2 aromatic carbocycles. The van der Waals surface area contributed by atoms with E-state index in [0.717, 1.165) is 11.3 Å². The van der Waals surface area contributed by atoms with Gasteiger partial charge in [-0.25, -0.2) is 14.1 Å². The average Bonchev–Trinajstić information content (AvgIpc) is 3.37. The number of carbonyl (C=O) groups is 1. The van der Waals surface area contributed by atoms with E-state index in [1.807, 2.05) is 18.2 Å². The Bertz CT molecular complexity index is 1170. The molecule has 0 unspecified atom stereocenters. The normalized spacial score (nSPS) is 10.9. The fourth-order valence-electron chi connectivity index (χ4n) is 3.37.